The average Bonchev–Trinajstić information content (AvgIpc) is 3.07. The van der Waals surface area contributed by atoms with Crippen LogP contribution in [0.1, 0.15) is 39.1 Å². The third kappa shape index (κ3) is 2.58. The summed E-state index contributed by atoms with van der Waals surface area (Å²) in [5, 5.41) is 2.02. The normalized spacial score (nSPS) is 18.5. The maximum Gasteiger partial charge on any atom is 0.263 e. The van der Waals surface area contributed by atoms with Crippen LogP contribution in [0.15, 0.2) is 23.7 Å². The monoisotopic (exact) mass is 287 g/mol. The fourth-order valence-electron chi connectivity index (χ4n) is 2.52. The molecule has 2 aromatic rings. The van der Waals surface area contributed by atoms with Crippen LogP contribution in [0.3, 0.4) is 0 Å². The predicted octanol–water partition coefficient (Wildman–Crippen LogP) is 2.78. The van der Waals surface area contributed by atoms with Crippen molar-refractivity contribution >= 4 is 17.2 Å². The van der Waals surface area contributed by atoms with E-state index < -0.39 is 0 Å². The first kappa shape index (κ1) is 13.2. The minimum Gasteiger partial charge on any atom is -0.337 e. The van der Waals surface area contributed by atoms with Gasteiger partial charge in [0.2, 0.25) is 0 Å². The number of likely N-dealkylation sites (tertiary alicyclic amines) is 1. The second-order valence-corrected chi connectivity index (χ2v) is 6.19. The molecule has 2 aromatic heterocycles. The van der Waals surface area contributed by atoms with Gasteiger partial charge in [-0.1, -0.05) is 0 Å². The van der Waals surface area contributed by atoms with Gasteiger partial charge in [-0.15, -0.1) is 11.3 Å². The first-order valence-electron chi connectivity index (χ1n) is 6.77. The van der Waals surface area contributed by atoms with Crippen molar-refractivity contribution in [3.63, 3.8) is 0 Å². The highest BCUT2D eigenvalue weighted by Crippen LogP contribution is 2.27. The Hall–Kier alpha value is -1.75. The lowest BCUT2D eigenvalue weighted by Gasteiger charge is -2.15. The Bertz CT molecular complexity index is 638. The number of thiophene rings is 1. The van der Waals surface area contributed by atoms with E-state index in [2.05, 4.69) is 9.97 Å². The molecule has 1 fully saturated rings. The van der Waals surface area contributed by atoms with Gasteiger partial charge in [-0.3, -0.25) is 4.79 Å². The third-order valence-corrected chi connectivity index (χ3v) is 4.63. The molecule has 1 aliphatic rings. The summed E-state index contributed by atoms with van der Waals surface area (Å²) in [7, 11) is 0. The number of carbonyl (C=O) groups is 1. The van der Waals surface area contributed by atoms with Crippen molar-refractivity contribution in [3.8, 4) is 0 Å². The van der Waals surface area contributed by atoms with E-state index in [1.165, 1.54) is 11.3 Å². The van der Waals surface area contributed by atoms with E-state index in [4.69, 9.17) is 0 Å². The van der Waals surface area contributed by atoms with Gasteiger partial charge in [-0.25, -0.2) is 9.97 Å². The number of amides is 1. The van der Waals surface area contributed by atoms with Crippen molar-refractivity contribution in [1.82, 2.24) is 14.9 Å². The van der Waals surface area contributed by atoms with Gasteiger partial charge in [0, 0.05) is 30.9 Å². The van der Waals surface area contributed by atoms with E-state index in [-0.39, 0.29) is 11.8 Å². The van der Waals surface area contributed by atoms with Crippen molar-refractivity contribution in [2.45, 2.75) is 26.2 Å². The quantitative estimate of drug-likeness (QED) is 0.853. The topological polar surface area (TPSA) is 46.1 Å². The van der Waals surface area contributed by atoms with Gasteiger partial charge in [-0.2, -0.15) is 0 Å². The summed E-state index contributed by atoms with van der Waals surface area (Å²) >= 11 is 1.52. The van der Waals surface area contributed by atoms with Crippen molar-refractivity contribution in [2.75, 3.05) is 13.1 Å². The standard InChI is InChI=1S/C15H17N3OS/c1-10-7-13(20-9-10)15(19)18-6-4-12(8-18)14-16-5-3-11(2)17-14/h3,5,7,9,12H,4,6,8H2,1-2H3. The molecule has 0 aromatic carbocycles. The van der Waals surface area contributed by atoms with Crippen LogP contribution >= 0.6 is 11.3 Å². The van der Waals surface area contributed by atoms with E-state index in [1.807, 2.05) is 36.3 Å². The molecule has 0 aliphatic carbocycles. The van der Waals surface area contributed by atoms with Crippen molar-refractivity contribution in [2.24, 2.45) is 0 Å². The first-order valence-corrected chi connectivity index (χ1v) is 7.65. The van der Waals surface area contributed by atoms with Crippen molar-refractivity contribution < 1.29 is 4.79 Å². The Morgan fingerprint density at radius 3 is 3.00 bits per heavy atom. The Morgan fingerprint density at radius 1 is 1.45 bits per heavy atom. The van der Waals surface area contributed by atoms with Crippen LogP contribution in [0.25, 0.3) is 0 Å². The first-order chi connectivity index (χ1) is 9.63. The van der Waals surface area contributed by atoms with E-state index >= 15 is 0 Å². The largest absolute Gasteiger partial charge is 0.337 e. The van der Waals surface area contributed by atoms with Crippen molar-refractivity contribution in [1.29, 1.82) is 0 Å². The molecule has 0 radical (unpaired) electrons. The zero-order valence-electron chi connectivity index (χ0n) is 11.7. The highest BCUT2D eigenvalue weighted by molar-refractivity contribution is 7.12. The van der Waals surface area contributed by atoms with Crippen LogP contribution in [0, 0.1) is 13.8 Å². The molecule has 20 heavy (non-hydrogen) atoms. The van der Waals surface area contributed by atoms with Gasteiger partial charge >= 0.3 is 0 Å². The molecule has 1 aliphatic heterocycles. The lowest BCUT2D eigenvalue weighted by molar-refractivity contribution is 0.0795. The van der Waals surface area contributed by atoms with Gasteiger partial charge in [0.25, 0.3) is 5.91 Å². The van der Waals surface area contributed by atoms with Crippen LogP contribution in [0.5, 0.6) is 0 Å². The molecule has 0 saturated carbocycles. The number of rotatable bonds is 2. The van der Waals surface area contributed by atoms with Crippen LogP contribution in [0.4, 0.5) is 0 Å². The zero-order chi connectivity index (χ0) is 14.1. The summed E-state index contributed by atoms with van der Waals surface area (Å²) in [6, 6.07) is 3.86. The van der Waals surface area contributed by atoms with Gasteiger partial charge < -0.3 is 4.90 Å². The molecule has 104 valence electrons. The number of aromatic nitrogens is 2. The molecule has 4 nitrogen and oxygen atoms in total. The Kier molecular flexibility index (Phi) is 3.53. The summed E-state index contributed by atoms with van der Waals surface area (Å²) in [6.07, 6.45) is 2.74. The zero-order valence-corrected chi connectivity index (χ0v) is 12.5. The Labute approximate surface area is 122 Å². The number of aryl methyl sites for hydroxylation is 2. The maximum atomic E-state index is 12.4. The second kappa shape index (κ2) is 5.32. The molecule has 1 saturated heterocycles. The average molecular weight is 287 g/mol. The van der Waals surface area contributed by atoms with Gasteiger partial charge in [0.15, 0.2) is 0 Å². The van der Waals surface area contributed by atoms with Gasteiger partial charge in [0.1, 0.15) is 5.82 Å². The summed E-state index contributed by atoms with van der Waals surface area (Å²) in [6.45, 7) is 5.50. The summed E-state index contributed by atoms with van der Waals surface area (Å²) < 4.78 is 0. The van der Waals surface area contributed by atoms with Gasteiger partial charge in [0.05, 0.1) is 4.88 Å². The SMILES string of the molecule is Cc1csc(C(=O)N2CCC(c3nccc(C)n3)C2)c1. The highest BCUT2D eigenvalue weighted by atomic mass is 32.1. The van der Waals surface area contributed by atoms with E-state index in [0.29, 0.717) is 0 Å². The molecule has 1 atom stereocenters. The van der Waals surface area contributed by atoms with E-state index in [9.17, 15) is 4.79 Å². The molecule has 0 N–H and O–H groups in total. The van der Waals surface area contributed by atoms with Crippen LogP contribution in [0.2, 0.25) is 0 Å². The molecule has 1 amide bonds. The minimum absolute atomic E-state index is 0.137. The molecule has 0 spiro atoms. The Morgan fingerprint density at radius 2 is 2.30 bits per heavy atom. The fourth-order valence-corrected chi connectivity index (χ4v) is 3.38. The molecular weight excluding hydrogens is 270 g/mol. The third-order valence-electron chi connectivity index (χ3n) is 3.60. The number of carbonyl (C=O) groups excluding carboxylic acids is 1. The van der Waals surface area contributed by atoms with Crippen LogP contribution < -0.4 is 0 Å². The van der Waals surface area contributed by atoms with Crippen molar-refractivity contribution in [3.05, 3.63) is 45.7 Å². The molecular formula is C15H17N3OS. The molecule has 0 bridgehead atoms. The summed E-state index contributed by atoms with van der Waals surface area (Å²) in [5.41, 5.74) is 2.13. The molecule has 3 heterocycles. The molecule has 1 unspecified atom stereocenters. The van der Waals surface area contributed by atoms with Gasteiger partial charge in [-0.05, 0) is 43.3 Å². The Balaban J connectivity index is 1.72. The fraction of sp³-hybridized carbons (Fsp3) is 0.400. The minimum atomic E-state index is 0.137. The van der Waals surface area contributed by atoms with Crippen LogP contribution in [-0.4, -0.2) is 33.9 Å². The maximum absolute atomic E-state index is 12.4. The number of nitrogens with zero attached hydrogens (tertiary/aromatic N) is 3. The van der Waals surface area contributed by atoms with Crippen LogP contribution in [-0.2, 0) is 0 Å². The molecule has 5 heteroatoms. The summed E-state index contributed by atoms with van der Waals surface area (Å²) in [4.78, 5) is 24.0. The summed E-state index contributed by atoms with van der Waals surface area (Å²) in [5.74, 6) is 1.26. The lowest BCUT2D eigenvalue weighted by atomic mass is 10.1. The lowest BCUT2D eigenvalue weighted by Crippen LogP contribution is -2.27. The van der Waals surface area contributed by atoms with E-state index in [0.717, 1.165) is 41.5 Å². The number of hydrogen-bond acceptors (Lipinski definition) is 4. The molecule has 3 rings (SSSR count). The number of hydrogen-bond donors (Lipinski definition) is 0. The second-order valence-electron chi connectivity index (χ2n) is 5.28. The smallest absolute Gasteiger partial charge is 0.263 e. The highest BCUT2D eigenvalue weighted by Gasteiger charge is 2.30. The predicted molar refractivity (Wildman–Crippen MR) is 79.1 cm³/mol. The van der Waals surface area contributed by atoms with E-state index in [1.54, 1.807) is 6.20 Å².